The molecule has 0 aliphatic heterocycles. The summed E-state index contributed by atoms with van der Waals surface area (Å²) in [6.07, 6.45) is 1.97. The van der Waals surface area contributed by atoms with Gasteiger partial charge in [0.25, 0.3) is 0 Å². The van der Waals surface area contributed by atoms with Crippen LogP contribution in [-0.2, 0) is 0 Å². The van der Waals surface area contributed by atoms with Gasteiger partial charge in [-0.25, -0.2) is 0 Å². The molecule has 74 valence electrons. The lowest BCUT2D eigenvalue weighted by molar-refractivity contribution is 0.241. The molecule has 0 bridgehead atoms. The van der Waals surface area contributed by atoms with Crippen LogP contribution in [0.25, 0.3) is 0 Å². The van der Waals surface area contributed by atoms with E-state index in [0.29, 0.717) is 0 Å². The molecule has 0 unspecified atom stereocenters. The maximum Gasteiger partial charge on any atom is 0.137 e. The van der Waals surface area contributed by atoms with Crippen LogP contribution >= 0.6 is 0 Å². The molecule has 0 fully saturated rings. The number of nitrogens with zero attached hydrogens (tertiary/aromatic N) is 1. The third-order valence-corrected chi connectivity index (χ3v) is 1.26. The quantitative estimate of drug-likeness (QED) is 0.699. The Morgan fingerprint density at radius 3 is 2.23 bits per heavy atom. The van der Waals surface area contributed by atoms with Gasteiger partial charge in [-0.3, -0.25) is 4.98 Å². The molecule has 2 nitrogen and oxygen atoms in total. The lowest BCUT2D eigenvalue weighted by Gasteiger charge is -2.08. The summed E-state index contributed by atoms with van der Waals surface area (Å²) < 4.78 is 5.41. The van der Waals surface area contributed by atoms with E-state index in [9.17, 15) is 0 Å². The number of aryl methyl sites for hydroxylation is 1. The van der Waals surface area contributed by atoms with Crippen molar-refractivity contribution in [3.8, 4) is 5.75 Å². The van der Waals surface area contributed by atoms with Gasteiger partial charge in [-0.2, -0.15) is 0 Å². The molecule has 1 aromatic heterocycles. The standard InChI is InChI=1S/C9H13NO.C2H6/c1-7(2)11-9-5-4-8(3)10-6-9;1-2/h4-7H,1-3H3;1-2H3. The lowest BCUT2D eigenvalue weighted by Crippen LogP contribution is -2.05. The van der Waals surface area contributed by atoms with Crippen molar-refractivity contribution < 1.29 is 4.74 Å². The first-order valence-electron chi connectivity index (χ1n) is 4.78. The number of ether oxygens (including phenoxy) is 1. The van der Waals surface area contributed by atoms with Crippen LogP contribution in [0, 0.1) is 6.92 Å². The van der Waals surface area contributed by atoms with E-state index in [-0.39, 0.29) is 6.10 Å². The van der Waals surface area contributed by atoms with Crippen molar-refractivity contribution >= 4 is 0 Å². The Balaban J connectivity index is 0.000000671. The Hall–Kier alpha value is -1.05. The molecular formula is C11H19NO. The smallest absolute Gasteiger partial charge is 0.137 e. The monoisotopic (exact) mass is 181 g/mol. The van der Waals surface area contributed by atoms with Crippen molar-refractivity contribution in [3.05, 3.63) is 24.0 Å². The predicted molar refractivity (Wildman–Crippen MR) is 56.1 cm³/mol. The summed E-state index contributed by atoms with van der Waals surface area (Å²) in [7, 11) is 0. The summed E-state index contributed by atoms with van der Waals surface area (Å²) in [5, 5.41) is 0. The van der Waals surface area contributed by atoms with E-state index in [1.54, 1.807) is 6.20 Å². The zero-order valence-corrected chi connectivity index (χ0v) is 9.16. The van der Waals surface area contributed by atoms with Crippen molar-refractivity contribution in [2.75, 3.05) is 0 Å². The molecule has 0 amide bonds. The molecule has 0 atom stereocenters. The molecule has 13 heavy (non-hydrogen) atoms. The van der Waals surface area contributed by atoms with Crippen LogP contribution in [0.15, 0.2) is 18.3 Å². The fourth-order valence-electron chi connectivity index (χ4n) is 0.796. The number of aromatic nitrogens is 1. The minimum atomic E-state index is 0.222. The number of hydrogen-bond donors (Lipinski definition) is 0. The summed E-state index contributed by atoms with van der Waals surface area (Å²) in [5.74, 6) is 0.839. The number of rotatable bonds is 2. The van der Waals surface area contributed by atoms with Crippen LogP contribution in [0.5, 0.6) is 5.75 Å². The summed E-state index contributed by atoms with van der Waals surface area (Å²) in [5.41, 5.74) is 1.01. The van der Waals surface area contributed by atoms with Crippen LogP contribution in [-0.4, -0.2) is 11.1 Å². The highest BCUT2D eigenvalue weighted by molar-refractivity contribution is 5.19. The van der Waals surface area contributed by atoms with Crippen LogP contribution in [0.3, 0.4) is 0 Å². The zero-order chi connectivity index (χ0) is 10.3. The van der Waals surface area contributed by atoms with Gasteiger partial charge in [0.2, 0.25) is 0 Å². The number of pyridine rings is 1. The minimum Gasteiger partial charge on any atom is -0.489 e. The molecule has 0 aromatic carbocycles. The molecule has 1 rings (SSSR count). The van der Waals surface area contributed by atoms with Gasteiger partial charge in [0.1, 0.15) is 5.75 Å². The number of hydrogen-bond acceptors (Lipinski definition) is 2. The summed E-state index contributed by atoms with van der Waals surface area (Å²) in [6.45, 7) is 9.96. The molecule has 0 spiro atoms. The normalized spacial score (nSPS) is 9.08. The van der Waals surface area contributed by atoms with Gasteiger partial charge in [-0.05, 0) is 32.9 Å². The molecule has 1 aromatic rings. The topological polar surface area (TPSA) is 22.1 Å². The van der Waals surface area contributed by atoms with E-state index in [2.05, 4.69) is 4.98 Å². The van der Waals surface area contributed by atoms with Gasteiger partial charge >= 0.3 is 0 Å². The Morgan fingerprint density at radius 1 is 1.23 bits per heavy atom. The fraction of sp³-hybridized carbons (Fsp3) is 0.545. The van der Waals surface area contributed by atoms with Crippen molar-refractivity contribution in [3.63, 3.8) is 0 Å². The molecule has 2 heteroatoms. The van der Waals surface area contributed by atoms with Gasteiger partial charge in [-0.15, -0.1) is 0 Å². The zero-order valence-electron chi connectivity index (χ0n) is 9.16. The average molecular weight is 181 g/mol. The van der Waals surface area contributed by atoms with Gasteiger partial charge in [0.15, 0.2) is 0 Å². The van der Waals surface area contributed by atoms with Crippen LogP contribution in [0.2, 0.25) is 0 Å². The maximum absolute atomic E-state index is 5.41. The van der Waals surface area contributed by atoms with Crippen molar-refractivity contribution in [1.82, 2.24) is 4.98 Å². The Bertz CT molecular complexity index is 216. The molecule has 0 saturated heterocycles. The van der Waals surface area contributed by atoms with E-state index in [4.69, 9.17) is 4.74 Å². The first-order valence-corrected chi connectivity index (χ1v) is 4.78. The molecular weight excluding hydrogens is 162 g/mol. The van der Waals surface area contributed by atoms with E-state index < -0.39 is 0 Å². The van der Waals surface area contributed by atoms with Crippen LogP contribution in [0.1, 0.15) is 33.4 Å². The molecule has 0 aliphatic carbocycles. The van der Waals surface area contributed by atoms with Crippen molar-refractivity contribution in [1.29, 1.82) is 0 Å². The first kappa shape index (κ1) is 11.9. The lowest BCUT2D eigenvalue weighted by atomic mass is 10.3. The molecule has 1 heterocycles. The van der Waals surface area contributed by atoms with Crippen molar-refractivity contribution in [2.45, 2.75) is 40.7 Å². The predicted octanol–water partition coefficient (Wildman–Crippen LogP) is 3.20. The highest BCUT2D eigenvalue weighted by Gasteiger charge is 1.95. The second kappa shape index (κ2) is 6.46. The second-order valence-corrected chi connectivity index (χ2v) is 2.80. The van der Waals surface area contributed by atoms with Gasteiger partial charge in [-0.1, -0.05) is 13.8 Å². The average Bonchev–Trinajstić information content (AvgIpc) is 2.12. The SMILES string of the molecule is CC.Cc1ccc(OC(C)C)cn1. The highest BCUT2D eigenvalue weighted by atomic mass is 16.5. The van der Waals surface area contributed by atoms with Crippen molar-refractivity contribution in [2.24, 2.45) is 0 Å². The maximum atomic E-state index is 5.41. The summed E-state index contributed by atoms with van der Waals surface area (Å²) in [6, 6.07) is 3.88. The van der Waals surface area contributed by atoms with E-state index in [0.717, 1.165) is 11.4 Å². The summed E-state index contributed by atoms with van der Waals surface area (Å²) >= 11 is 0. The third-order valence-electron chi connectivity index (χ3n) is 1.26. The molecule has 0 N–H and O–H groups in total. The van der Waals surface area contributed by atoms with Gasteiger partial charge in [0.05, 0.1) is 12.3 Å². The molecule has 0 radical (unpaired) electrons. The van der Waals surface area contributed by atoms with E-state index in [1.807, 2.05) is 46.8 Å². The Kier molecular flexibility index (Phi) is 5.94. The second-order valence-electron chi connectivity index (χ2n) is 2.80. The first-order chi connectivity index (χ1) is 6.18. The van der Waals surface area contributed by atoms with Crippen LogP contribution < -0.4 is 4.74 Å². The van der Waals surface area contributed by atoms with Crippen LogP contribution in [0.4, 0.5) is 0 Å². The summed E-state index contributed by atoms with van der Waals surface area (Å²) in [4.78, 5) is 4.11. The third kappa shape index (κ3) is 5.23. The Morgan fingerprint density at radius 2 is 1.85 bits per heavy atom. The largest absolute Gasteiger partial charge is 0.489 e. The highest BCUT2D eigenvalue weighted by Crippen LogP contribution is 2.09. The van der Waals surface area contributed by atoms with E-state index >= 15 is 0 Å². The van der Waals surface area contributed by atoms with Gasteiger partial charge < -0.3 is 4.74 Å². The molecule has 0 aliphatic rings. The van der Waals surface area contributed by atoms with E-state index in [1.165, 1.54) is 0 Å². The molecule has 0 saturated carbocycles. The fourth-order valence-corrected chi connectivity index (χ4v) is 0.796. The Labute approximate surface area is 81.0 Å². The minimum absolute atomic E-state index is 0.222. The van der Waals surface area contributed by atoms with Gasteiger partial charge in [0, 0.05) is 5.69 Å².